The molecule has 0 saturated carbocycles. The Hall–Kier alpha value is -4.27. The van der Waals surface area contributed by atoms with E-state index in [2.05, 4.69) is 20.5 Å². The van der Waals surface area contributed by atoms with Gasteiger partial charge in [0.2, 0.25) is 5.91 Å². The molecule has 1 unspecified atom stereocenters. The van der Waals surface area contributed by atoms with Gasteiger partial charge >= 0.3 is 5.69 Å². The van der Waals surface area contributed by atoms with Crippen molar-refractivity contribution in [2.75, 3.05) is 5.32 Å². The zero-order chi connectivity index (χ0) is 26.3. The highest BCUT2D eigenvalue weighted by Gasteiger charge is 2.29. The normalized spacial score (nSPS) is 12.3. The number of pyridine rings is 1. The summed E-state index contributed by atoms with van der Waals surface area (Å²) < 4.78 is 30.0. The number of thiophene rings is 1. The number of amides is 2. The number of nitro groups is 1. The Labute approximate surface area is 205 Å². The minimum atomic E-state index is -2.89. The highest BCUT2D eigenvalue weighted by Crippen LogP contribution is 2.43. The van der Waals surface area contributed by atoms with Gasteiger partial charge in [0.1, 0.15) is 33.8 Å². The Bertz CT molecular complexity index is 1510. The molecule has 0 aliphatic carbocycles. The molecule has 12 nitrogen and oxygen atoms in total. The molecule has 0 bridgehead atoms. The van der Waals surface area contributed by atoms with E-state index in [0.29, 0.717) is 16.8 Å². The summed E-state index contributed by atoms with van der Waals surface area (Å²) in [6.45, 7) is 3.38. The molecule has 1 atom stereocenters. The number of hydrogen-bond acceptors (Lipinski definition) is 8. The summed E-state index contributed by atoms with van der Waals surface area (Å²) in [5.41, 5.74) is 6.11. The van der Waals surface area contributed by atoms with Crippen LogP contribution in [0.15, 0.2) is 24.7 Å². The number of carbonyl (C=O) groups is 2. The highest BCUT2D eigenvalue weighted by atomic mass is 32.1. The van der Waals surface area contributed by atoms with E-state index in [1.165, 1.54) is 10.7 Å². The molecule has 0 spiro atoms. The topological polar surface area (TPSA) is 164 Å². The third-order valence-electron chi connectivity index (χ3n) is 5.49. The van der Waals surface area contributed by atoms with Crippen LogP contribution in [0.25, 0.3) is 21.3 Å². The van der Waals surface area contributed by atoms with Crippen LogP contribution in [0.1, 0.15) is 46.9 Å². The number of nitrogens with two attached hydrogens (primary N) is 1. The molecular formula is C21H20F2N8O4S. The molecule has 0 aromatic carbocycles. The van der Waals surface area contributed by atoms with Crippen LogP contribution in [0.3, 0.4) is 0 Å². The molecule has 4 heterocycles. The zero-order valence-corrected chi connectivity index (χ0v) is 20.0. The number of halogens is 2. The van der Waals surface area contributed by atoms with Gasteiger partial charge in [-0.2, -0.15) is 10.2 Å². The van der Waals surface area contributed by atoms with Crippen molar-refractivity contribution in [1.29, 1.82) is 0 Å². The smallest absolute Gasteiger partial charge is 0.307 e. The Balaban J connectivity index is 1.89. The number of aryl methyl sites for hydroxylation is 2. The van der Waals surface area contributed by atoms with Gasteiger partial charge < -0.3 is 11.1 Å². The fourth-order valence-electron chi connectivity index (χ4n) is 3.89. The lowest BCUT2D eigenvalue weighted by atomic mass is 10.0. The van der Waals surface area contributed by atoms with Crippen LogP contribution in [-0.2, 0) is 11.8 Å². The Morgan fingerprint density at radius 2 is 2.03 bits per heavy atom. The zero-order valence-electron chi connectivity index (χ0n) is 19.2. The van der Waals surface area contributed by atoms with Gasteiger partial charge in [0, 0.05) is 24.2 Å². The lowest BCUT2D eigenvalue weighted by molar-refractivity contribution is -0.385. The molecule has 0 radical (unpaired) electrons. The van der Waals surface area contributed by atoms with Crippen molar-refractivity contribution in [1.82, 2.24) is 24.5 Å². The number of hydrogen-bond donors (Lipinski definition) is 2. The van der Waals surface area contributed by atoms with Gasteiger partial charge in [-0.25, -0.2) is 13.8 Å². The van der Waals surface area contributed by atoms with Gasteiger partial charge in [-0.05, 0) is 25.0 Å². The molecular weight excluding hydrogens is 498 g/mol. The maximum Gasteiger partial charge on any atom is 0.307 e. The molecule has 4 rings (SSSR count). The molecule has 15 heteroatoms. The van der Waals surface area contributed by atoms with Crippen molar-refractivity contribution < 1.29 is 23.3 Å². The van der Waals surface area contributed by atoms with Gasteiger partial charge in [-0.1, -0.05) is 6.92 Å². The number of primary amides is 1. The van der Waals surface area contributed by atoms with E-state index >= 15 is 0 Å². The van der Waals surface area contributed by atoms with Gasteiger partial charge in [0.05, 0.1) is 16.3 Å². The van der Waals surface area contributed by atoms with Crippen LogP contribution in [0.2, 0.25) is 0 Å². The molecule has 3 N–H and O–H groups in total. The molecule has 0 aliphatic heterocycles. The van der Waals surface area contributed by atoms with Crippen molar-refractivity contribution in [2.45, 2.75) is 32.7 Å². The van der Waals surface area contributed by atoms with Gasteiger partial charge in [0.25, 0.3) is 12.3 Å². The molecule has 4 aromatic rings. The minimum absolute atomic E-state index is 0.0131. The maximum absolute atomic E-state index is 13.7. The van der Waals surface area contributed by atoms with Crippen LogP contribution in [0.4, 0.5) is 20.2 Å². The number of rotatable bonds is 8. The Morgan fingerprint density at radius 3 is 2.56 bits per heavy atom. The Morgan fingerprint density at radius 1 is 1.31 bits per heavy atom. The first kappa shape index (κ1) is 24.8. The number of nitrogens with zero attached hydrogens (tertiary/aromatic N) is 6. The summed E-state index contributed by atoms with van der Waals surface area (Å²) >= 11 is 0.778. The van der Waals surface area contributed by atoms with E-state index in [0.717, 1.165) is 28.4 Å². The molecule has 0 aliphatic rings. The Kier molecular flexibility index (Phi) is 6.49. The summed E-state index contributed by atoms with van der Waals surface area (Å²) in [5, 5.41) is 22.1. The summed E-state index contributed by atoms with van der Waals surface area (Å²) in [4.78, 5) is 40.0. The monoisotopic (exact) mass is 518 g/mol. The largest absolute Gasteiger partial charge is 0.365 e. The van der Waals surface area contributed by atoms with E-state index in [1.54, 1.807) is 27.1 Å². The quantitative estimate of drug-likeness (QED) is 0.265. The maximum atomic E-state index is 13.7. The van der Waals surface area contributed by atoms with Gasteiger partial charge in [-0.3, -0.25) is 29.1 Å². The summed E-state index contributed by atoms with van der Waals surface area (Å²) in [6.07, 6.45) is 1.09. The predicted octanol–water partition coefficient (Wildman–Crippen LogP) is 3.74. The molecule has 4 aromatic heterocycles. The number of alkyl halides is 2. The minimum Gasteiger partial charge on any atom is -0.365 e. The summed E-state index contributed by atoms with van der Waals surface area (Å²) in [7, 11) is 1.67. The van der Waals surface area contributed by atoms with Crippen LogP contribution in [0.5, 0.6) is 0 Å². The number of aromatic nitrogens is 5. The van der Waals surface area contributed by atoms with E-state index < -0.39 is 34.9 Å². The van der Waals surface area contributed by atoms with Crippen LogP contribution in [-0.4, -0.2) is 41.3 Å². The van der Waals surface area contributed by atoms with Crippen LogP contribution >= 0.6 is 11.3 Å². The van der Waals surface area contributed by atoms with Crippen molar-refractivity contribution in [3.63, 3.8) is 0 Å². The third-order valence-corrected chi connectivity index (χ3v) is 6.59. The summed E-state index contributed by atoms with van der Waals surface area (Å²) in [6, 6.07) is 0.226. The average molecular weight is 519 g/mol. The molecule has 0 saturated heterocycles. The van der Waals surface area contributed by atoms with E-state index in [9.17, 15) is 28.5 Å². The second kappa shape index (κ2) is 9.41. The van der Waals surface area contributed by atoms with Gasteiger partial charge in [0.15, 0.2) is 0 Å². The highest BCUT2D eigenvalue weighted by molar-refractivity contribution is 7.21. The lowest BCUT2D eigenvalue weighted by Crippen LogP contribution is -2.27. The second-order valence-corrected chi connectivity index (χ2v) is 8.90. The summed E-state index contributed by atoms with van der Waals surface area (Å²) in [5.74, 6) is -1.52. The van der Waals surface area contributed by atoms with Crippen molar-refractivity contribution in [3.05, 3.63) is 51.0 Å². The first-order valence-corrected chi connectivity index (χ1v) is 11.4. The number of fused-ring (bicyclic) bond motifs is 1. The molecule has 0 fully saturated rings. The van der Waals surface area contributed by atoms with Crippen LogP contribution in [0, 0.1) is 17.0 Å². The average Bonchev–Trinajstić information content (AvgIpc) is 3.51. The van der Waals surface area contributed by atoms with Crippen LogP contribution < -0.4 is 11.1 Å². The van der Waals surface area contributed by atoms with Gasteiger partial charge in [-0.15, -0.1) is 11.3 Å². The fraction of sp³-hybridized carbons (Fsp3) is 0.286. The lowest BCUT2D eigenvalue weighted by Gasteiger charge is -2.16. The molecule has 2 amide bonds. The van der Waals surface area contributed by atoms with Crippen molar-refractivity contribution in [2.24, 2.45) is 12.8 Å². The molecule has 188 valence electrons. The fourth-order valence-corrected chi connectivity index (χ4v) is 4.90. The van der Waals surface area contributed by atoms with Crippen molar-refractivity contribution in [3.8, 4) is 11.1 Å². The first-order valence-electron chi connectivity index (χ1n) is 10.6. The molecule has 36 heavy (non-hydrogen) atoms. The van der Waals surface area contributed by atoms with E-state index in [-0.39, 0.29) is 32.9 Å². The predicted molar refractivity (Wildman–Crippen MR) is 127 cm³/mol. The second-order valence-electron chi connectivity index (χ2n) is 7.90. The first-order chi connectivity index (χ1) is 17.0. The number of carbonyl (C=O) groups excluding carboxylic acids is 2. The standard InChI is InChI=1S/C21H20F2N8O4S/c1-4-14(30-7-10(6-25-30)31(34)35)20(33)27-16-15-11(12-8-29(3)28-9(12)2)5-13(18(22)23)26-21(15)36-17(16)19(24)32/h5-8,14,18H,4H2,1-3H3,(H2,24,32)(H,27,33). The number of nitrogens with one attached hydrogen (secondary N) is 1. The van der Waals surface area contributed by atoms with Crippen molar-refractivity contribution >= 4 is 44.7 Å². The van der Waals surface area contributed by atoms with E-state index in [1.807, 2.05) is 0 Å². The SMILES string of the molecule is CCC(C(=O)Nc1c(C(N)=O)sc2nc(C(F)F)cc(-c3cn(C)nc3C)c12)n1cc([N+](=O)[O-])cn1. The third kappa shape index (κ3) is 4.39. The number of anilines is 1. The van der Waals surface area contributed by atoms with E-state index in [4.69, 9.17) is 5.73 Å².